The number of benzene rings is 1. The van der Waals surface area contributed by atoms with Crippen LogP contribution < -0.4 is 4.90 Å². The molecule has 0 radical (unpaired) electrons. The number of carbonyl (C=O) groups is 2. The van der Waals surface area contributed by atoms with Crippen molar-refractivity contribution in [3.05, 3.63) is 95.3 Å². The van der Waals surface area contributed by atoms with E-state index in [1.54, 1.807) is 30.5 Å². The number of ether oxygens (including phenoxy) is 1. The predicted molar refractivity (Wildman–Crippen MR) is 172 cm³/mol. The van der Waals surface area contributed by atoms with Crippen molar-refractivity contribution in [3.8, 4) is 0 Å². The number of likely N-dealkylation sites (N-methyl/N-ethyl adjacent to an activating group) is 1. The third-order valence-electron chi connectivity index (χ3n) is 6.24. The van der Waals surface area contributed by atoms with E-state index in [-0.39, 0.29) is 11.0 Å². The molecule has 1 atom stereocenters. The molecule has 8 heteroatoms. The summed E-state index contributed by atoms with van der Waals surface area (Å²) in [5.41, 5.74) is 2.89. The first-order valence-electron chi connectivity index (χ1n) is 13.9. The highest BCUT2D eigenvalue weighted by molar-refractivity contribution is 6.31. The van der Waals surface area contributed by atoms with E-state index < -0.39 is 5.97 Å². The maximum atomic E-state index is 11.1. The molecule has 2 aromatic rings. The van der Waals surface area contributed by atoms with Crippen molar-refractivity contribution in [2.75, 3.05) is 44.7 Å². The maximum Gasteiger partial charge on any atom is 0.335 e. The number of hydrogen-bond donors (Lipinski definition) is 1. The molecular weight excluding hydrogens is 538 g/mol. The first kappa shape index (κ1) is 37.6. The van der Waals surface area contributed by atoms with Crippen LogP contribution in [0.3, 0.4) is 0 Å². The van der Waals surface area contributed by atoms with Crippen LogP contribution in [0.4, 0.5) is 5.69 Å². The van der Waals surface area contributed by atoms with Crippen molar-refractivity contribution in [1.82, 2.24) is 9.88 Å². The van der Waals surface area contributed by atoms with Gasteiger partial charge in [0.05, 0.1) is 12.2 Å². The topological polar surface area (TPSA) is 83.0 Å². The van der Waals surface area contributed by atoms with E-state index in [1.165, 1.54) is 0 Å². The summed E-state index contributed by atoms with van der Waals surface area (Å²) in [6.45, 7) is 19.8. The minimum absolute atomic E-state index is 0.251. The molecule has 1 aromatic carbocycles. The van der Waals surface area contributed by atoms with Gasteiger partial charge in [0.2, 0.25) is 0 Å². The first-order valence-corrected chi connectivity index (χ1v) is 14.3. The molecule has 1 heterocycles. The number of aromatic carboxylic acids is 1. The number of carboxylic acids is 1. The highest BCUT2D eigenvalue weighted by atomic mass is 35.5. The lowest BCUT2D eigenvalue weighted by Crippen LogP contribution is -2.40. The lowest BCUT2D eigenvalue weighted by Gasteiger charge is -2.35. The minimum atomic E-state index is -0.949. The van der Waals surface area contributed by atoms with E-state index in [9.17, 15) is 9.59 Å². The summed E-state index contributed by atoms with van der Waals surface area (Å²) in [7, 11) is 1.95. The number of rotatable bonds is 15. The third-order valence-corrected chi connectivity index (χ3v) is 6.54. The van der Waals surface area contributed by atoms with Gasteiger partial charge in [-0.25, -0.2) is 4.79 Å². The largest absolute Gasteiger partial charge is 0.478 e. The molecule has 7 nitrogen and oxygen atoms in total. The zero-order valence-corrected chi connectivity index (χ0v) is 26.5. The Hall–Kier alpha value is -3.42. The smallest absolute Gasteiger partial charge is 0.335 e. The second kappa shape index (κ2) is 21.3. The first-order chi connectivity index (χ1) is 19.5. The van der Waals surface area contributed by atoms with Crippen LogP contribution in [-0.2, 0) is 9.53 Å². The fraction of sp³-hybridized carbons (Fsp3) is 0.424. The molecule has 0 spiro atoms. The number of nitrogens with zero attached hydrogens (tertiary/aromatic N) is 3. The second-order valence-corrected chi connectivity index (χ2v) is 10.2. The summed E-state index contributed by atoms with van der Waals surface area (Å²) in [6.07, 6.45) is 8.62. The molecule has 1 N–H and O–H groups in total. The average Bonchev–Trinajstić information content (AvgIpc) is 2.97. The Bertz CT molecular complexity index is 1090. The Morgan fingerprint density at radius 1 is 1.20 bits per heavy atom. The van der Waals surface area contributed by atoms with Crippen LogP contribution in [0.1, 0.15) is 57.1 Å². The third kappa shape index (κ3) is 16.4. The van der Waals surface area contributed by atoms with Gasteiger partial charge in [0, 0.05) is 48.2 Å². The Morgan fingerprint density at radius 2 is 1.85 bits per heavy atom. The van der Waals surface area contributed by atoms with Crippen LogP contribution in [-0.4, -0.2) is 67.3 Å². The number of halogens is 1. The van der Waals surface area contributed by atoms with Gasteiger partial charge >= 0.3 is 5.97 Å². The molecule has 0 aliphatic rings. The van der Waals surface area contributed by atoms with Gasteiger partial charge in [-0.15, -0.1) is 0 Å². The average molecular weight is 586 g/mol. The van der Waals surface area contributed by atoms with Crippen molar-refractivity contribution >= 4 is 29.7 Å². The van der Waals surface area contributed by atoms with Crippen LogP contribution >= 0.6 is 11.6 Å². The zero-order chi connectivity index (χ0) is 31.3. The lowest BCUT2D eigenvalue weighted by molar-refractivity contribution is -0.131. The van der Waals surface area contributed by atoms with Gasteiger partial charge in [0.15, 0.2) is 0 Å². The molecule has 0 saturated carbocycles. The van der Waals surface area contributed by atoms with Crippen molar-refractivity contribution in [1.29, 1.82) is 0 Å². The summed E-state index contributed by atoms with van der Waals surface area (Å²) in [6, 6.07) is 12.6. The highest BCUT2D eigenvalue weighted by Gasteiger charge is 2.28. The number of hydrogen-bond acceptors (Lipinski definition) is 6. The standard InChI is InChI=1S/C25H35ClN2O4.C6H7N.C2H6/c1-6-28(15-8-7-9-20(2)21(3)26)16-14-25(4,18-32-19-29)17-27(5)23-12-10-22(11-13-23)24(30)31;1-6-4-2-3-5-7-6;1-2/h7-13,19H,3,6,14-18H2,1-2,4-5H3,(H,30,31);2-5H,1H3;1-2H3/b8-7+,20-9-;;. The number of carboxylic acid groups (broad SMARTS) is 1. The van der Waals surface area contributed by atoms with Crippen LogP contribution in [0.5, 0.6) is 0 Å². The van der Waals surface area contributed by atoms with Crippen molar-refractivity contribution in [2.24, 2.45) is 5.41 Å². The van der Waals surface area contributed by atoms with Crippen LogP contribution in [0, 0.1) is 12.3 Å². The summed E-state index contributed by atoms with van der Waals surface area (Å²) >= 11 is 5.87. The van der Waals surface area contributed by atoms with Gasteiger partial charge in [-0.1, -0.05) is 70.2 Å². The van der Waals surface area contributed by atoms with Crippen LogP contribution in [0.15, 0.2) is 84.1 Å². The molecule has 1 aromatic heterocycles. The molecule has 0 fully saturated rings. The predicted octanol–water partition coefficient (Wildman–Crippen LogP) is 7.38. The molecule has 41 heavy (non-hydrogen) atoms. The fourth-order valence-corrected chi connectivity index (χ4v) is 3.78. The number of allylic oxidation sites excluding steroid dienone is 4. The van der Waals surface area contributed by atoms with Crippen molar-refractivity contribution < 1.29 is 19.4 Å². The van der Waals surface area contributed by atoms with Gasteiger partial charge in [-0.2, -0.15) is 0 Å². The van der Waals surface area contributed by atoms with Gasteiger partial charge in [-0.3, -0.25) is 14.7 Å². The van der Waals surface area contributed by atoms with Crippen molar-refractivity contribution in [3.63, 3.8) is 0 Å². The molecular formula is C33H48ClN3O4. The normalized spacial score (nSPS) is 12.4. The van der Waals surface area contributed by atoms with Gasteiger partial charge in [0.1, 0.15) is 0 Å². The van der Waals surface area contributed by atoms with E-state index in [1.807, 2.05) is 65.1 Å². The molecule has 0 bridgehead atoms. The molecule has 226 valence electrons. The second-order valence-electron chi connectivity index (χ2n) is 9.72. The SMILES string of the molecule is C=C(Cl)/C(C)=C\C=C\CN(CC)CCC(C)(COC=O)CN(C)c1ccc(C(=O)O)cc1.CC.Cc1ccccn1. The van der Waals surface area contributed by atoms with E-state index in [4.69, 9.17) is 21.4 Å². The number of anilines is 1. The van der Waals surface area contributed by atoms with E-state index >= 15 is 0 Å². The van der Waals surface area contributed by atoms with Crippen LogP contribution in [0.2, 0.25) is 0 Å². The van der Waals surface area contributed by atoms with E-state index in [2.05, 4.69) is 41.3 Å². The van der Waals surface area contributed by atoms with Crippen LogP contribution in [0.25, 0.3) is 0 Å². The molecule has 2 rings (SSSR count). The Labute approximate surface area is 252 Å². The Kier molecular flexibility index (Phi) is 19.6. The molecule has 0 amide bonds. The highest BCUT2D eigenvalue weighted by Crippen LogP contribution is 2.26. The number of aryl methyl sites for hydroxylation is 1. The molecule has 0 aliphatic carbocycles. The zero-order valence-electron chi connectivity index (χ0n) is 25.8. The Morgan fingerprint density at radius 3 is 2.32 bits per heavy atom. The van der Waals surface area contributed by atoms with Gasteiger partial charge in [-0.05, 0) is 75.3 Å². The molecule has 0 aliphatic heterocycles. The van der Waals surface area contributed by atoms with Crippen molar-refractivity contribution in [2.45, 2.75) is 48.0 Å². The number of carbonyl (C=O) groups excluding carboxylic acids is 1. The fourth-order valence-electron chi connectivity index (χ4n) is 3.72. The van der Waals surface area contributed by atoms with E-state index in [0.29, 0.717) is 24.7 Å². The minimum Gasteiger partial charge on any atom is -0.478 e. The molecule has 1 unspecified atom stereocenters. The molecule has 0 saturated heterocycles. The number of pyridine rings is 1. The maximum absolute atomic E-state index is 11.1. The number of aromatic nitrogens is 1. The van der Waals surface area contributed by atoms with E-state index in [0.717, 1.165) is 43.0 Å². The van der Waals surface area contributed by atoms with Gasteiger partial charge in [0.25, 0.3) is 6.47 Å². The lowest BCUT2D eigenvalue weighted by atomic mass is 9.86. The Balaban J connectivity index is 0.00000151. The monoisotopic (exact) mass is 585 g/mol. The quantitative estimate of drug-likeness (QED) is 0.172. The summed E-state index contributed by atoms with van der Waals surface area (Å²) in [5.74, 6) is -0.949. The summed E-state index contributed by atoms with van der Waals surface area (Å²) < 4.78 is 5.15. The summed E-state index contributed by atoms with van der Waals surface area (Å²) in [5, 5.41) is 9.62. The summed E-state index contributed by atoms with van der Waals surface area (Å²) in [4.78, 5) is 30.3. The van der Waals surface area contributed by atoms with Gasteiger partial charge < -0.3 is 14.7 Å².